The molecule has 3 heteroatoms. The van der Waals surface area contributed by atoms with Crippen LogP contribution in [0.15, 0.2) is 36.4 Å². The van der Waals surface area contributed by atoms with Crippen LogP contribution in [0.1, 0.15) is 5.56 Å². The lowest BCUT2D eigenvalue weighted by Crippen LogP contribution is -1.88. The molecule has 0 spiro atoms. The standard InChI is InChI=1S/C12H9Cl2N/c1-8-10(13)7-11(15-12(8)14)9-5-3-2-4-6-9/h2-7H,1H3. The van der Waals surface area contributed by atoms with Gasteiger partial charge in [-0.2, -0.15) is 0 Å². The molecule has 0 saturated carbocycles. The molecule has 76 valence electrons. The van der Waals surface area contributed by atoms with Gasteiger partial charge >= 0.3 is 0 Å². The quantitative estimate of drug-likeness (QED) is 0.672. The molecule has 1 heterocycles. The fourth-order valence-electron chi connectivity index (χ4n) is 1.31. The minimum Gasteiger partial charge on any atom is -0.236 e. The van der Waals surface area contributed by atoms with Crippen molar-refractivity contribution in [3.8, 4) is 11.3 Å². The topological polar surface area (TPSA) is 12.9 Å². The SMILES string of the molecule is Cc1c(Cl)cc(-c2ccccc2)nc1Cl. The van der Waals surface area contributed by atoms with E-state index in [1.165, 1.54) is 0 Å². The third kappa shape index (κ3) is 2.14. The van der Waals surface area contributed by atoms with E-state index in [4.69, 9.17) is 23.2 Å². The Morgan fingerprint density at radius 2 is 1.73 bits per heavy atom. The van der Waals surface area contributed by atoms with Crippen molar-refractivity contribution in [2.24, 2.45) is 0 Å². The number of benzene rings is 1. The van der Waals surface area contributed by atoms with Gasteiger partial charge in [-0.05, 0) is 13.0 Å². The second kappa shape index (κ2) is 4.21. The Labute approximate surface area is 98.7 Å². The van der Waals surface area contributed by atoms with Crippen LogP contribution < -0.4 is 0 Å². The van der Waals surface area contributed by atoms with Crippen molar-refractivity contribution in [1.29, 1.82) is 0 Å². The van der Waals surface area contributed by atoms with Crippen LogP contribution in [0.25, 0.3) is 11.3 Å². The zero-order chi connectivity index (χ0) is 10.8. The van der Waals surface area contributed by atoms with Gasteiger partial charge in [-0.25, -0.2) is 4.98 Å². The second-order valence-corrected chi connectivity index (χ2v) is 4.04. The molecule has 0 fully saturated rings. The molecule has 2 aromatic rings. The van der Waals surface area contributed by atoms with Crippen LogP contribution in [0, 0.1) is 6.92 Å². The van der Waals surface area contributed by atoms with E-state index in [9.17, 15) is 0 Å². The normalized spacial score (nSPS) is 10.3. The fourth-order valence-corrected chi connectivity index (χ4v) is 1.74. The molecule has 0 atom stereocenters. The van der Waals surface area contributed by atoms with Crippen LogP contribution in [0.3, 0.4) is 0 Å². The fraction of sp³-hybridized carbons (Fsp3) is 0.0833. The van der Waals surface area contributed by atoms with Crippen LogP contribution >= 0.6 is 23.2 Å². The molecule has 0 aliphatic heterocycles. The number of pyridine rings is 1. The summed E-state index contributed by atoms with van der Waals surface area (Å²) in [6.07, 6.45) is 0. The molecular formula is C12H9Cl2N. The summed E-state index contributed by atoms with van der Waals surface area (Å²) in [5.74, 6) is 0. The maximum Gasteiger partial charge on any atom is 0.134 e. The van der Waals surface area contributed by atoms with Crippen LogP contribution in [0.2, 0.25) is 10.2 Å². The van der Waals surface area contributed by atoms with E-state index in [2.05, 4.69) is 4.98 Å². The smallest absolute Gasteiger partial charge is 0.134 e. The van der Waals surface area contributed by atoms with Gasteiger partial charge in [0, 0.05) is 16.1 Å². The summed E-state index contributed by atoms with van der Waals surface area (Å²) in [5, 5.41) is 1.11. The van der Waals surface area contributed by atoms with Gasteiger partial charge in [0.05, 0.1) is 5.69 Å². The highest BCUT2D eigenvalue weighted by Gasteiger charge is 2.06. The zero-order valence-electron chi connectivity index (χ0n) is 8.17. The minimum atomic E-state index is 0.460. The van der Waals surface area contributed by atoms with E-state index < -0.39 is 0 Å². The molecule has 1 aromatic heterocycles. The summed E-state index contributed by atoms with van der Waals surface area (Å²) < 4.78 is 0. The van der Waals surface area contributed by atoms with E-state index in [0.717, 1.165) is 16.8 Å². The lowest BCUT2D eigenvalue weighted by atomic mass is 10.1. The van der Waals surface area contributed by atoms with Gasteiger partial charge in [-0.3, -0.25) is 0 Å². The molecule has 15 heavy (non-hydrogen) atoms. The van der Waals surface area contributed by atoms with Gasteiger partial charge in [-0.1, -0.05) is 53.5 Å². The first-order valence-corrected chi connectivity index (χ1v) is 5.32. The summed E-state index contributed by atoms with van der Waals surface area (Å²) in [6, 6.07) is 11.7. The highest BCUT2D eigenvalue weighted by molar-refractivity contribution is 6.35. The molecular weight excluding hydrogens is 229 g/mol. The Morgan fingerprint density at radius 3 is 2.33 bits per heavy atom. The average Bonchev–Trinajstić information content (AvgIpc) is 2.26. The summed E-state index contributed by atoms with van der Waals surface area (Å²) in [5.41, 5.74) is 2.63. The van der Waals surface area contributed by atoms with Gasteiger partial charge in [-0.15, -0.1) is 0 Å². The molecule has 0 aliphatic rings. The molecule has 0 radical (unpaired) electrons. The Bertz CT molecular complexity index is 457. The number of nitrogens with zero attached hydrogens (tertiary/aromatic N) is 1. The zero-order valence-corrected chi connectivity index (χ0v) is 9.68. The number of halogens is 2. The van der Waals surface area contributed by atoms with Crippen molar-refractivity contribution >= 4 is 23.2 Å². The van der Waals surface area contributed by atoms with Crippen LogP contribution in [0.5, 0.6) is 0 Å². The highest BCUT2D eigenvalue weighted by atomic mass is 35.5. The van der Waals surface area contributed by atoms with Gasteiger partial charge in [0.25, 0.3) is 0 Å². The molecule has 1 nitrogen and oxygen atoms in total. The third-order valence-corrected chi connectivity index (χ3v) is 2.98. The van der Waals surface area contributed by atoms with Crippen molar-refractivity contribution in [3.05, 3.63) is 52.1 Å². The molecule has 2 rings (SSSR count). The molecule has 0 amide bonds. The predicted molar refractivity (Wildman–Crippen MR) is 64.4 cm³/mol. The summed E-state index contributed by atoms with van der Waals surface area (Å²) in [7, 11) is 0. The van der Waals surface area contributed by atoms with E-state index >= 15 is 0 Å². The van der Waals surface area contributed by atoms with Crippen molar-refractivity contribution in [1.82, 2.24) is 4.98 Å². The first kappa shape index (κ1) is 10.5. The molecule has 0 aliphatic carbocycles. The van der Waals surface area contributed by atoms with Gasteiger partial charge in [0.15, 0.2) is 0 Å². The van der Waals surface area contributed by atoms with Crippen LogP contribution in [-0.4, -0.2) is 4.98 Å². The lowest BCUT2D eigenvalue weighted by molar-refractivity contribution is 1.27. The first-order chi connectivity index (χ1) is 7.18. The number of hydrogen-bond donors (Lipinski definition) is 0. The van der Waals surface area contributed by atoms with E-state index in [1.807, 2.05) is 43.3 Å². The molecule has 1 aromatic carbocycles. The van der Waals surface area contributed by atoms with E-state index in [0.29, 0.717) is 10.2 Å². The maximum absolute atomic E-state index is 6.04. The Morgan fingerprint density at radius 1 is 1.07 bits per heavy atom. The van der Waals surface area contributed by atoms with E-state index in [1.54, 1.807) is 0 Å². The predicted octanol–water partition coefficient (Wildman–Crippen LogP) is 4.36. The summed E-state index contributed by atoms with van der Waals surface area (Å²) in [6.45, 7) is 1.85. The van der Waals surface area contributed by atoms with E-state index in [-0.39, 0.29) is 0 Å². The third-order valence-electron chi connectivity index (χ3n) is 2.22. The molecule has 0 saturated heterocycles. The van der Waals surface area contributed by atoms with Crippen LogP contribution in [0.4, 0.5) is 0 Å². The number of hydrogen-bond acceptors (Lipinski definition) is 1. The van der Waals surface area contributed by atoms with Crippen molar-refractivity contribution in [2.75, 3.05) is 0 Å². The lowest BCUT2D eigenvalue weighted by Gasteiger charge is -2.05. The monoisotopic (exact) mass is 237 g/mol. The molecule has 0 bridgehead atoms. The van der Waals surface area contributed by atoms with Gasteiger partial charge in [0.1, 0.15) is 5.15 Å². The molecule has 0 N–H and O–H groups in total. The Hall–Kier alpha value is -1.05. The average molecular weight is 238 g/mol. The number of rotatable bonds is 1. The van der Waals surface area contributed by atoms with Crippen LogP contribution in [-0.2, 0) is 0 Å². The maximum atomic E-state index is 6.04. The number of aromatic nitrogens is 1. The van der Waals surface area contributed by atoms with Crippen molar-refractivity contribution in [2.45, 2.75) is 6.92 Å². The molecule has 0 unspecified atom stereocenters. The summed E-state index contributed by atoms with van der Waals surface area (Å²) >= 11 is 12.0. The second-order valence-electron chi connectivity index (χ2n) is 3.27. The van der Waals surface area contributed by atoms with Gasteiger partial charge < -0.3 is 0 Å². The Balaban J connectivity index is 2.56. The Kier molecular flexibility index (Phi) is 2.94. The van der Waals surface area contributed by atoms with Crippen molar-refractivity contribution in [3.63, 3.8) is 0 Å². The van der Waals surface area contributed by atoms with Crippen molar-refractivity contribution < 1.29 is 0 Å². The summed E-state index contributed by atoms with van der Waals surface area (Å²) in [4.78, 5) is 4.28. The first-order valence-electron chi connectivity index (χ1n) is 4.56. The highest BCUT2D eigenvalue weighted by Crippen LogP contribution is 2.27. The van der Waals surface area contributed by atoms with Gasteiger partial charge in [0.2, 0.25) is 0 Å². The minimum absolute atomic E-state index is 0.460. The largest absolute Gasteiger partial charge is 0.236 e.